The normalized spacial score (nSPS) is 10.4. The summed E-state index contributed by atoms with van der Waals surface area (Å²) in [7, 11) is 1.51. The van der Waals surface area contributed by atoms with Crippen molar-refractivity contribution >= 4 is 0 Å². The van der Waals surface area contributed by atoms with E-state index in [9.17, 15) is 5.11 Å². The highest BCUT2D eigenvalue weighted by atomic mass is 16.5. The lowest BCUT2D eigenvalue weighted by Gasteiger charge is -2.15. The Balaban J connectivity index is 3.11. The highest BCUT2D eigenvalue weighted by molar-refractivity contribution is 5.52. The van der Waals surface area contributed by atoms with Crippen LogP contribution in [-0.2, 0) is 0 Å². The summed E-state index contributed by atoms with van der Waals surface area (Å²) in [5, 5.41) is 9.58. The van der Waals surface area contributed by atoms with Crippen molar-refractivity contribution in [1.82, 2.24) is 0 Å². The molecule has 0 bridgehead atoms. The predicted molar refractivity (Wildman–Crippen MR) is 55.2 cm³/mol. The number of phenolic OH excluding ortho intramolecular Hbond substituents is 1. The molecule has 0 radical (unpaired) electrons. The first-order valence-corrected chi connectivity index (χ1v) is 4.59. The van der Waals surface area contributed by atoms with E-state index in [0.29, 0.717) is 11.5 Å². The first kappa shape index (κ1) is 10.7. The van der Waals surface area contributed by atoms with Crippen LogP contribution in [-0.4, -0.2) is 18.3 Å². The number of hydrogen-bond acceptors (Lipinski definition) is 3. The molecule has 1 aromatic rings. The standard InChI is InChI=1S/C11H16O3/c1-7(2)14-10-6-8(3)5-9(12)11(10)13-4/h5-7,12H,1-4H3. The molecular formula is C11H16O3. The Morgan fingerprint density at radius 3 is 2.43 bits per heavy atom. The molecule has 0 aliphatic carbocycles. The van der Waals surface area contributed by atoms with Gasteiger partial charge in [0.25, 0.3) is 0 Å². The maximum Gasteiger partial charge on any atom is 0.203 e. The fraction of sp³-hybridized carbons (Fsp3) is 0.455. The first-order chi connectivity index (χ1) is 6.54. The summed E-state index contributed by atoms with van der Waals surface area (Å²) < 4.78 is 10.6. The molecule has 1 N–H and O–H groups in total. The van der Waals surface area contributed by atoms with Crippen LogP contribution in [0.4, 0.5) is 0 Å². The lowest BCUT2D eigenvalue weighted by molar-refractivity contribution is 0.227. The molecular weight excluding hydrogens is 180 g/mol. The van der Waals surface area contributed by atoms with E-state index in [0.717, 1.165) is 5.56 Å². The third-order valence-corrected chi connectivity index (χ3v) is 1.75. The van der Waals surface area contributed by atoms with Crippen LogP contribution in [0.2, 0.25) is 0 Å². The second-order valence-electron chi connectivity index (χ2n) is 3.48. The van der Waals surface area contributed by atoms with Crippen molar-refractivity contribution in [1.29, 1.82) is 0 Å². The molecule has 0 saturated heterocycles. The lowest BCUT2D eigenvalue weighted by atomic mass is 10.2. The molecule has 0 fully saturated rings. The number of rotatable bonds is 3. The van der Waals surface area contributed by atoms with Crippen molar-refractivity contribution in [2.45, 2.75) is 26.9 Å². The van der Waals surface area contributed by atoms with E-state index < -0.39 is 0 Å². The fourth-order valence-corrected chi connectivity index (χ4v) is 1.27. The molecule has 78 valence electrons. The van der Waals surface area contributed by atoms with Crippen LogP contribution in [0.15, 0.2) is 12.1 Å². The van der Waals surface area contributed by atoms with Gasteiger partial charge in [-0.05, 0) is 38.5 Å². The fourth-order valence-electron chi connectivity index (χ4n) is 1.27. The van der Waals surface area contributed by atoms with Crippen molar-refractivity contribution in [2.24, 2.45) is 0 Å². The third-order valence-electron chi connectivity index (χ3n) is 1.75. The zero-order valence-corrected chi connectivity index (χ0v) is 9.00. The second-order valence-corrected chi connectivity index (χ2v) is 3.48. The summed E-state index contributed by atoms with van der Waals surface area (Å²) in [6, 6.07) is 3.49. The van der Waals surface area contributed by atoms with Gasteiger partial charge in [-0.1, -0.05) is 0 Å². The van der Waals surface area contributed by atoms with Crippen molar-refractivity contribution < 1.29 is 14.6 Å². The molecule has 0 aliphatic rings. The van der Waals surface area contributed by atoms with E-state index in [4.69, 9.17) is 9.47 Å². The Labute approximate surface area is 84.3 Å². The summed E-state index contributed by atoms with van der Waals surface area (Å²) in [5.41, 5.74) is 0.943. The molecule has 0 aromatic heterocycles. The van der Waals surface area contributed by atoms with Gasteiger partial charge in [0, 0.05) is 0 Å². The van der Waals surface area contributed by atoms with Crippen LogP contribution in [0.5, 0.6) is 17.2 Å². The Hall–Kier alpha value is -1.38. The molecule has 3 nitrogen and oxygen atoms in total. The van der Waals surface area contributed by atoms with Crippen molar-refractivity contribution in [3.8, 4) is 17.2 Å². The van der Waals surface area contributed by atoms with Gasteiger partial charge in [-0.2, -0.15) is 0 Å². The number of phenols is 1. The maximum absolute atomic E-state index is 9.58. The van der Waals surface area contributed by atoms with Gasteiger partial charge >= 0.3 is 0 Å². The van der Waals surface area contributed by atoms with Crippen LogP contribution in [0.25, 0.3) is 0 Å². The zero-order chi connectivity index (χ0) is 10.7. The molecule has 3 heteroatoms. The smallest absolute Gasteiger partial charge is 0.203 e. The second kappa shape index (κ2) is 4.22. The molecule has 0 heterocycles. The van der Waals surface area contributed by atoms with Gasteiger partial charge in [0.2, 0.25) is 5.75 Å². The van der Waals surface area contributed by atoms with E-state index >= 15 is 0 Å². The largest absolute Gasteiger partial charge is 0.504 e. The number of aryl methyl sites for hydroxylation is 1. The Morgan fingerprint density at radius 2 is 1.93 bits per heavy atom. The van der Waals surface area contributed by atoms with Crippen LogP contribution < -0.4 is 9.47 Å². The summed E-state index contributed by atoms with van der Waals surface area (Å²) in [4.78, 5) is 0. The molecule has 0 spiro atoms. The molecule has 0 atom stereocenters. The minimum atomic E-state index is 0.0603. The summed E-state index contributed by atoms with van der Waals surface area (Å²) in [5.74, 6) is 1.09. The van der Waals surface area contributed by atoms with Gasteiger partial charge in [0.15, 0.2) is 11.5 Å². The summed E-state index contributed by atoms with van der Waals surface area (Å²) >= 11 is 0. The van der Waals surface area contributed by atoms with Crippen LogP contribution in [0.1, 0.15) is 19.4 Å². The van der Waals surface area contributed by atoms with Gasteiger partial charge < -0.3 is 14.6 Å². The molecule has 1 rings (SSSR count). The zero-order valence-electron chi connectivity index (χ0n) is 9.00. The van der Waals surface area contributed by atoms with E-state index in [1.807, 2.05) is 26.8 Å². The molecule has 0 aliphatic heterocycles. The van der Waals surface area contributed by atoms with Gasteiger partial charge in [0.05, 0.1) is 13.2 Å². The summed E-state index contributed by atoms with van der Waals surface area (Å²) in [6.45, 7) is 5.75. The number of hydrogen-bond donors (Lipinski definition) is 1. The van der Waals surface area contributed by atoms with Gasteiger partial charge in [-0.15, -0.1) is 0 Å². The van der Waals surface area contributed by atoms with E-state index in [1.165, 1.54) is 7.11 Å². The number of aromatic hydroxyl groups is 1. The van der Waals surface area contributed by atoms with Crippen molar-refractivity contribution in [3.05, 3.63) is 17.7 Å². The Morgan fingerprint density at radius 1 is 1.29 bits per heavy atom. The molecule has 0 unspecified atom stereocenters. The highest BCUT2D eigenvalue weighted by Crippen LogP contribution is 2.37. The monoisotopic (exact) mass is 196 g/mol. The minimum absolute atomic E-state index is 0.0603. The van der Waals surface area contributed by atoms with E-state index in [2.05, 4.69) is 0 Å². The molecule has 0 amide bonds. The topological polar surface area (TPSA) is 38.7 Å². The SMILES string of the molecule is COc1c(O)cc(C)cc1OC(C)C. The average molecular weight is 196 g/mol. The molecule has 1 aromatic carbocycles. The predicted octanol–water partition coefficient (Wildman–Crippen LogP) is 2.50. The number of ether oxygens (including phenoxy) is 2. The van der Waals surface area contributed by atoms with E-state index in [-0.39, 0.29) is 11.9 Å². The molecule has 14 heavy (non-hydrogen) atoms. The van der Waals surface area contributed by atoms with Crippen LogP contribution in [0.3, 0.4) is 0 Å². The molecule has 0 saturated carbocycles. The lowest BCUT2D eigenvalue weighted by Crippen LogP contribution is -2.06. The highest BCUT2D eigenvalue weighted by Gasteiger charge is 2.11. The third kappa shape index (κ3) is 2.31. The quantitative estimate of drug-likeness (QED) is 0.807. The van der Waals surface area contributed by atoms with E-state index in [1.54, 1.807) is 6.07 Å². The summed E-state index contributed by atoms with van der Waals surface area (Å²) in [6.07, 6.45) is 0.0603. The van der Waals surface area contributed by atoms with Gasteiger partial charge in [-0.3, -0.25) is 0 Å². The Bertz CT molecular complexity index is 319. The van der Waals surface area contributed by atoms with Crippen LogP contribution >= 0.6 is 0 Å². The first-order valence-electron chi connectivity index (χ1n) is 4.59. The van der Waals surface area contributed by atoms with Gasteiger partial charge in [0.1, 0.15) is 0 Å². The Kier molecular flexibility index (Phi) is 3.23. The van der Waals surface area contributed by atoms with Crippen LogP contribution in [0, 0.1) is 6.92 Å². The number of methoxy groups -OCH3 is 1. The maximum atomic E-state index is 9.58. The number of benzene rings is 1. The minimum Gasteiger partial charge on any atom is -0.504 e. The average Bonchev–Trinajstić information content (AvgIpc) is 2.01. The van der Waals surface area contributed by atoms with Crippen molar-refractivity contribution in [3.63, 3.8) is 0 Å². The van der Waals surface area contributed by atoms with Crippen molar-refractivity contribution in [2.75, 3.05) is 7.11 Å². The van der Waals surface area contributed by atoms with Gasteiger partial charge in [-0.25, -0.2) is 0 Å².